The summed E-state index contributed by atoms with van der Waals surface area (Å²) in [6.07, 6.45) is 2.13. The van der Waals surface area contributed by atoms with E-state index in [4.69, 9.17) is 5.73 Å². The molecule has 0 heterocycles. The smallest absolute Gasteiger partial charge is 0.0114 e. The third kappa shape index (κ3) is 1.89. The Morgan fingerprint density at radius 3 is 2.68 bits per heavy atom. The highest BCUT2D eigenvalue weighted by Crippen LogP contribution is 2.47. The molecular formula is C18H21N. The van der Waals surface area contributed by atoms with Gasteiger partial charge in [-0.25, -0.2) is 0 Å². The van der Waals surface area contributed by atoms with Gasteiger partial charge in [-0.1, -0.05) is 43.3 Å². The van der Waals surface area contributed by atoms with E-state index >= 15 is 0 Å². The molecule has 3 rings (SSSR count). The van der Waals surface area contributed by atoms with Crippen LogP contribution in [0.15, 0.2) is 36.4 Å². The SMILES string of the molecule is CCc1ccc2c(c1)C(CCN)c1cccc(C)c1-2. The fourth-order valence-electron chi connectivity index (χ4n) is 3.34. The van der Waals surface area contributed by atoms with Gasteiger partial charge in [-0.3, -0.25) is 0 Å². The van der Waals surface area contributed by atoms with Crippen molar-refractivity contribution in [1.82, 2.24) is 0 Å². The van der Waals surface area contributed by atoms with Crippen LogP contribution in [0.1, 0.15) is 41.5 Å². The second-order valence-corrected chi connectivity index (χ2v) is 5.44. The van der Waals surface area contributed by atoms with Gasteiger partial charge in [0.2, 0.25) is 0 Å². The normalized spacial score (nSPS) is 16.3. The molecule has 2 aromatic rings. The number of fused-ring (bicyclic) bond motifs is 3. The van der Waals surface area contributed by atoms with Crippen LogP contribution in [0.3, 0.4) is 0 Å². The number of rotatable bonds is 3. The Bertz CT molecular complexity index is 613. The second kappa shape index (κ2) is 4.82. The maximum absolute atomic E-state index is 5.83. The monoisotopic (exact) mass is 251 g/mol. The summed E-state index contributed by atoms with van der Waals surface area (Å²) >= 11 is 0. The molecule has 1 unspecified atom stereocenters. The van der Waals surface area contributed by atoms with Gasteiger partial charge in [-0.05, 0) is 59.7 Å². The van der Waals surface area contributed by atoms with Gasteiger partial charge in [0.25, 0.3) is 0 Å². The van der Waals surface area contributed by atoms with Gasteiger partial charge in [0, 0.05) is 5.92 Å². The number of hydrogen-bond acceptors (Lipinski definition) is 1. The first-order valence-corrected chi connectivity index (χ1v) is 7.19. The average molecular weight is 251 g/mol. The van der Waals surface area contributed by atoms with E-state index < -0.39 is 0 Å². The van der Waals surface area contributed by atoms with Gasteiger partial charge in [-0.2, -0.15) is 0 Å². The van der Waals surface area contributed by atoms with E-state index in [1.165, 1.54) is 33.4 Å². The lowest BCUT2D eigenvalue weighted by molar-refractivity contribution is 0.739. The van der Waals surface area contributed by atoms with Crippen LogP contribution in [0.5, 0.6) is 0 Å². The van der Waals surface area contributed by atoms with Gasteiger partial charge >= 0.3 is 0 Å². The number of nitrogens with two attached hydrogens (primary N) is 1. The van der Waals surface area contributed by atoms with Gasteiger partial charge in [0.15, 0.2) is 0 Å². The molecule has 1 atom stereocenters. The molecule has 0 fully saturated rings. The molecule has 0 spiro atoms. The van der Waals surface area contributed by atoms with Crippen molar-refractivity contribution in [3.8, 4) is 11.1 Å². The lowest BCUT2D eigenvalue weighted by atomic mass is 9.92. The van der Waals surface area contributed by atoms with Crippen molar-refractivity contribution in [3.63, 3.8) is 0 Å². The summed E-state index contributed by atoms with van der Waals surface area (Å²) in [5, 5.41) is 0. The van der Waals surface area contributed by atoms with E-state index in [1.807, 2.05) is 0 Å². The summed E-state index contributed by atoms with van der Waals surface area (Å²) in [4.78, 5) is 0. The van der Waals surface area contributed by atoms with E-state index in [2.05, 4.69) is 50.2 Å². The molecule has 0 aliphatic heterocycles. The van der Waals surface area contributed by atoms with Crippen molar-refractivity contribution in [2.75, 3.05) is 6.54 Å². The van der Waals surface area contributed by atoms with Crippen LogP contribution < -0.4 is 5.73 Å². The van der Waals surface area contributed by atoms with Crippen LogP contribution in [0.2, 0.25) is 0 Å². The molecule has 2 N–H and O–H groups in total. The van der Waals surface area contributed by atoms with Crippen molar-refractivity contribution in [2.24, 2.45) is 5.73 Å². The minimum Gasteiger partial charge on any atom is -0.330 e. The third-order valence-corrected chi connectivity index (χ3v) is 4.30. The first kappa shape index (κ1) is 12.4. The molecule has 0 saturated carbocycles. The summed E-state index contributed by atoms with van der Waals surface area (Å²) in [6, 6.07) is 13.6. The summed E-state index contributed by atoms with van der Waals surface area (Å²) in [5.41, 5.74) is 14.4. The molecule has 1 aliphatic rings. The summed E-state index contributed by atoms with van der Waals surface area (Å²) in [7, 11) is 0. The van der Waals surface area contributed by atoms with Crippen molar-refractivity contribution < 1.29 is 0 Å². The van der Waals surface area contributed by atoms with Crippen molar-refractivity contribution in [1.29, 1.82) is 0 Å². The van der Waals surface area contributed by atoms with Gasteiger partial charge < -0.3 is 5.73 Å². The molecule has 1 aliphatic carbocycles. The molecule has 0 radical (unpaired) electrons. The standard InChI is InChI=1S/C18H21N/c1-3-13-7-8-16-17(11-13)14(9-10-19)15-6-4-5-12(2)18(15)16/h4-8,11,14H,3,9-10,19H2,1-2H3. The van der Waals surface area contributed by atoms with Crippen LogP contribution >= 0.6 is 0 Å². The zero-order chi connectivity index (χ0) is 13.4. The van der Waals surface area contributed by atoms with E-state index in [0.29, 0.717) is 5.92 Å². The second-order valence-electron chi connectivity index (χ2n) is 5.44. The van der Waals surface area contributed by atoms with E-state index in [9.17, 15) is 0 Å². The van der Waals surface area contributed by atoms with Gasteiger partial charge in [0.1, 0.15) is 0 Å². The molecule has 98 valence electrons. The van der Waals surface area contributed by atoms with E-state index in [0.717, 1.165) is 19.4 Å². The number of benzene rings is 2. The number of hydrogen-bond donors (Lipinski definition) is 1. The van der Waals surface area contributed by atoms with Crippen LogP contribution in [-0.4, -0.2) is 6.54 Å². The van der Waals surface area contributed by atoms with Crippen LogP contribution in [0, 0.1) is 6.92 Å². The topological polar surface area (TPSA) is 26.0 Å². The molecule has 0 amide bonds. The lowest BCUT2D eigenvalue weighted by Gasteiger charge is -2.13. The number of aryl methyl sites for hydroxylation is 2. The summed E-state index contributed by atoms with van der Waals surface area (Å²) in [5.74, 6) is 0.487. The highest BCUT2D eigenvalue weighted by molar-refractivity contribution is 5.81. The fraction of sp³-hybridized carbons (Fsp3) is 0.333. The molecule has 0 bridgehead atoms. The largest absolute Gasteiger partial charge is 0.330 e. The van der Waals surface area contributed by atoms with Crippen LogP contribution in [0.25, 0.3) is 11.1 Å². The Hall–Kier alpha value is -1.60. The first-order chi connectivity index (χ1) is 9.26. The predicted octanol–water partition coefficient (Wildman–Crippen LogP) is 4.02. The van der Waals surface area contributed by atoms with Crippen molar-refractivity contribution >= 4 is 0 Å². The van der Waals surface area contributed by atoms with Crippen LogP contribution in [0.4, 0.5) is 0 Å². The Kier molecular flexibility index (Phi) is 3.16. The Morgan fingerprint density at radius 1 is 1.11 bits per heavy atom. The van der Waals surface area contributed by atoms with Crippen molar-refractivity contribution in [2.45, 2.75) is 32.6 Å². The molecule has 1 heteroatoms. The van der Waals surface area contributed by atoms with Gasteiger partial charge in [0.05, 0.1) is 0 Å². The molecular weight excluding hydrogens is 230 g/mol. The third-order valence-electron chi connectivity index (χ3n) is 4.30. The van der Waals surface area contributed by atoms with E-state index in [1.54, 1.807) is 0 Å². The molecule has 0 saturated heterocycles. The Labute approximate surface area is 115 Å². The highest BCUT2D eigenvalue weighted by Gasteiger charge is 2.28. The maximum Gasteiger partial charge on any atom is 0.0114 e. The Balaban J connectivity index is 2.23. The minimum atomic E-state index is 0.487. The van der Waals surface area contributed by atoms with Crippen LogP contribution in [-0.2, 0) is 6.42 Å². The van der Waals surface area contributed by atoms with E-state index in [-0.39, 0.29) is 0 Å². The lowest BCUT2D eigenvalue weighted by Crippen LogP contribution is -2.06. The molecule has 2 aromatic carbocycles. The maximum atomic E-state index is 5.83. The van der Waals surface area contributed by atoms with Gasteiger partial charge in [-0.15, -0.1) is 0 Å². The molecule has 19 heavy (non-hydrogen) atoms. The zero-order valence-electron chi connectivity index (χ0n) is 11.7. The fourth-order valence-corrected chi connectivity index (χ4v) is 3.34. The zero-order valence-corrected chi connectivity index (χ0v) is 11.7. The first-order valence-electron chi connectivity index (χ1n) is 7.19. The van der Waals surface area contributed by atoms with Crippen molar-refractivity contribution in [3.05, 3.63) is 58.7 Å². The molecule has 1 nitrogen and oxygen atoms in total. The Morgan fingerprint density at radius 2 is 1.95 bits per heavy atom. The summed E-state index contributed by atoms with van der Waals surface area (Å²) in [6.45, 7) is 5.17. The minimum absolute atomic E-state index is 0.487. The quantitative estimate of drug-likeness (QED) is 0.876. The molecule has 0 aromatic heterocycles. The average Bonchev–Trinajstić information content (AvgIpc) is 2.74. The summed E-state index contributed by atoms with van der Waals surface area (Å²) < 4.78 is 0. The predicted molar refractivity (Wildman–Crippen MR) is 81.5 cm³/mol. The highest BCUT2D eigenvalue weighted by atomic mass is 14.5.